The fourth-order valence-electron chi connectivity index (χ4n) is 2.43. The van der Waals surface area contributed by atoms with Gasteiger partial charge in [-0.3, -0.25) is 20.0 Å². The molecule has 11 nitrogen and oxygen atoms in total. The van der Waals surface area contributed by atoms with Gasteiger partial charge in [-0.15, -0.1) is 0 Å². The Hall–Kier alpha value is -3.51. The number of nitrogens with zero attached hydrogens (tertiary/aromatic N) is 2. The van der Waals surface area contributed by atoms with Gasteiger partial charge < -0.3 is 10.1 Å². The molecule has 1 heterocycles. The summed E-state index contributed by atoms with van der Waals surface area (Å²) in [6, 6.07) is 7.63. The Morgan fingerprint density at radius 3 is 2.67 bits per heavy atom. The Morgan fingerprint density at radius 2 is 2.04 bits per heavy atom. The van der Waals surface area contributed by atoms with Crippen molar-refractivity contribution in [3.63, 3.8) is 0 Å². The number of sulfonamides is 1. The number of rotatable bonds is 5. The number of fused-ring (bicyclic) bond motifs is 1. The fourth-order valence-corrected chi connectivity index (χ4v) is 2.97. The zero-order chi connectivity index (χ0) is 19.8. The van der Waals surface area contributed by atoms with Crippen LogP contribution in [0, 0.1) is 10.1 Å². The summed E-state index contributed by atoms with van der Waals surface area (Å²) in [7, 11) is -2.65. The molecule has 12 heteroatoms. The number of non-ortho nitro benzene ring substituents is 1. The van der Waals surface area contributed by atoms with Gasteiger partial charge in [0.05, 0.1) is 28.1 Å². The van der Waals surface area contributed by atoms with E-state index in [1.165, 1.54) is 37.4 Å². The van der Waals surface area contributed by atoms with Crippen LogP contribution in [-0.4, -0.2) is 36.6 Å². The van der Waals surface area contributed by atoms with Crippen LogP contribution in [0.4, 0.5) is 11.4 Å². The summed E-state index contributed by atoms with van der Waals surface area (Å²) in [5, 5.41) is 25.2. The average Bonchev–Trinajstić information content (AvgIpc) is 3.04. The number of ether oxygens (including phenoxy) is 1. The molecule has 0 aliphatic rings. The molecule has 1 amide bonds. The number of nitrogens with one attached hydrogen (secondary N) is 2. The van der Waals surface area contributed by atoms with E-state index >= 15 is 0 Å². The molecule has 0 fully saturated rings. The Morgan fingerprint density at radius 1 is 1.30 bits per heavy atom. The summed E-state index contributed by atoms with van der Waals surface area (Å²) in [5.41, 5.74) is 0.176. The van der Waals surface area contributed by atoms with Crippen molar-refractivity contribution < 1.29 is 22.9 Å². The standard InChI is InChI=1S/C15H13N5O6S/c1-26-13-5-3-9(27(16,24)25)7-12(13)17-15(21)14-10-6-8(20(22)23)2-4-11(10)18-19-14/h2-7H,1H3,(H,17,21)(H,18,19)(H2,16,24,25). The highest BCUT2D eigenvalue weighted by Crippen LogP contribution is 2.28. The first-order valence-corrected chi connectivity index (χ1v) is 8.90. The first kappa shape index (κ1) is 18.3. The number of methoxy groups -OCH3 is 1. The summed E-state index contributed by atoms with van der Waals surface area (Å²) >= 11 is 0. The molecule has 0 spiro atoms. The molecule has 0 unspecified atom stereocenters. The highest BCUT2D eigenvalue weighted by molar-refractivity contribution is 7.89. The van der Waals surface area contributed by atoms with Crippen molar-refractivity contribution in [2.45, 2.75) is 4.90 Å². The molecule has 0 radical (unpaired) electrons. The van der Waals surface area contributed by atoms with Crippen LogP contribution in [-0.2, 0) is 10.0 Å². The lowest BCUT2D eigenvalue weighted by Gasteiger charge is -2.11. The second-order valence-electron chi connectivity index (χ2n) is 5.42. The third kappa shape index (κ3) is 3.56. The molecule has 0 aliphatic heterocycles. The lowest BCUT2D eigenvalue weighted by atomic mass is 10.2. The van der Waals surface area contributed by atoms with Crippen LogP contribution < -0.4 is 15.2 Å². The fraction of sp³-hybridized carbons (Fsp3) is 0.0667. The lowest BCUT2D eigenvalue weighted by Crippen LogP contribution is -2.16. The number of hydrogen-bond donors (Lipinski definition) is 3. The smallest absolute Gasteiger partial charge is 0.276 e. The van der Waals surface area contributed by atoms with Crippen molar-refractivity contribution in [3.8, 4) is 5.75 Å². The van der Waals surface area contributed by atoms with E-state index in [1.54, 1.807) is 0 Å². The maximum absolute atomic E-state index is 12.6. The number of nitro groups is 1. The van der Waals surface area contributed by atoms with Crippen LogP contribution in [0.3, 0.4) is 0 Å². The average molecular weight is 391 g/mol. The van der Waals surface area contributed by atoms with Crippen LogP contribution in [0.25, 0.3) is 10.9 Å². The molecule has 0 aliphatic carbocycles. The minimum atomic E-state index is -3.99. The lowest BCUT2D eigenvalue weighted by molar-refractivity contribution is -0.384. The third-order valence-electron chi connectivity index (χ3n) is 3.72. The molecule has 3 rings (SSSR count). The van der Waals surface area contributed by atoms with Crippen molar-refractivity contribution in [2.75, 3.05) is 12.4 Å². The number of benzene rings is 2. The van der Waals surface area contributed by atoms with Crippen LogP contribution >= 0.6 is 0 Å². The highest BCUT2D eigenvalue weighted by atomic mass is 32.2. The minimum absolute atomic E-state index is 0.0515. The molecule has 0 atom stereocenters. The van der Waals surface area contributed by atoms with E-state index in [4.69, 9.17) is 9.88 Å². The van der Waals surface area contributed by atoms with Gasteiger partial charge in [-0.1, -0.05) is 0 Å². The van der Waals surface area contributed by atoms with Crippen LogP contribution in [0.1, 0.15) is 10.5 Å². The van der Waals surface area contributed by atoms with Gasteiger partial charge in [-0.05, 0) is 24.3 Å². The number of hydrogen-bond acceptors (Lipinski definition) is 7. The number of carbonyl (C=O) groups excluding carboxylic acids is 1. The number of nitrogens with two attached hydrogens (primary N) is 1. The number of aromatic amines is 1. The summed E-state index contributed by atoms with van der Waals surface area (Å²) in [4.78, 5) is 22.7. The zero-order valence-corrected chi connectivity index (χ0v) is 14.6. The summed E-state index contributed by atoms with van der Waals surface area (Å²) in [5.74, 6) is -0.520. The first-order chi connectivity index (χ1) is 12.7. The van der Waals surface area contributed by atoms with Crippen LogP contribution in [0.2, 0.25) is 0 Å². The first-order valence-electron chi connectivity index (χ1n) is 7.35. The number of aromatic nitrogens is 2. The van der Waals surface area contributed by atoms with Gasteiger partial charge in [0, 0.05) is 17.5 Å². The molecular formula is C15H13N5O6S. The molecule has 0 saturated heterocycles. The number of primary sulfonamides is 1. The summed E-state index contributed by atoms with van der Waals surface area (Å²) in [6.45, 7) is 0. The van der Waals surface area contributed by atoms with Gasteiger partial charge in [-0.2, -0.15) is 5.10 Å². The highest BCUT2D eigenvalue weighted by Gasteiger charge is 2.20. The molecule has 2 aromatic carbocycles. The van der Waals surface area contributed by atoms with Gasteiger partial charge in [0.1, 0.15) is 5.75 Å². The largest absolute Gasteiger partial charge is 0.495 e. The summed E-state index contributed by atoms with van der Waals surface area (Å²) < 4.78 is 28.1. The quantitative estimate of drug-likeness (QED) is 0.435. The number of nitro benzene ring substituents is 1. The molecule has 4 N–H and O–H groups in total. The molecule has 140 valence electrons. The van der Waals surface area contributed by atoms with E-state index in [-0.39, 0.29) is 33.1 Å². The second kappa shape index (κ2) is 6.66. The van der Waals surface area contributed by atoms with Gasteiger partial charge in [0.25, 0.3) is 11.6 Å². The van der Waals surface area contributed by atoms with Crippen molar-refractivity contribution in [1.82, 2.24) is 10.2 Å². The summed E-state index contributed by atoms with van der Waals surface area (Å²) in [6.07, 6.45) is 0. The van der Waals surface area contributed by atoms with Gasteiger partial charge in [-0.25, -0.2) is 13.6 Å². The molecular weight excluding hydrogens is 378 g/mol. The minimum Gasteiger partial charge on any atom is -0.495 e. The van der Waals surface area contributed by atoms with Crippen molar-refractivity contribution in [3.05, 3.63) is 52.2 Å². The molecule has 0 saturated carbocycles. The number of carbonyl (C=O) groups is 1. The van der Waals surface area contributed by atoms with Gasteiger partial charge in [0.2, 0.25) is 10.0 Å². The van der Waals surface area contributed by atoms with E-state index in [0.717, 1.165) is 6.07 Å². The van der Waals surface area contributed by atoms with E-state index < -0.39 is 20.9 Å². The van der Waals surface area contributed by atoms with Crippen LogP contribution in [0.15, 0.2) is 41.3 Å². The maximum atomic E-state index is 12.6. The Balaban J connectivity index is 2.02. The van der Waals surface area contributed by atoms with E-state index in [0.29, 0.717) is 5.52 Å². The van der Waals surface area contributed by atoms with E-state index in [9.17, 15) is 23.3 Å². The maximum Gasteiger partial charge on any atom is 0.276 e. The second-order valence-corrected chi connectivity index (χ2v) is 6.98. The third-order valence-corrected chi connectivity index (χ3v) is 4.63. The van der Waals surface area contributed by atoms with Gasteiger partial charge >= 0.3 is 0 Å². The van der Waals surface area contributed by atoms with Gasteiger partial charge in [0.15, 0.2) is 5.69 Å². The number of amides is 1. The molecule has 3 aromatic rings. The topological polar surface area (TPSA) is 170 Å². The monoisotopic (exact) mass is 391 g/mol. The van der Waals surface area contributed by atoms with Crippen molar-refractivity contribution in [1.29, 1.82) is 0 Å². The zero-order valence-electron chi connectivity index (χ0n) is 13.8. The van der Waals surface area contributed by atoms with E-state index in [2.05, 4.69) is 15.5 Å². The SMILES string of the molecule is COc1ccc(S(N)(=O)=O)cc1NC(=O)c1n[nH]c2ccc([N+](=O)[O-])cc12. The number of anilines is 1. The molecule has 0 bridgehead atoms. The molecule has 1 aromatic heterocycles. The Bertz CT molecular complexity index is 1170. The van der Waals surface area contributed by atoms with Crippen LogP contribution in [0.5, 0.6) is 5.75 Å². The number of H-pyrrole nitrogens is 1. The normalized spacial score (nSPS) is 11.3. The predicted octanol–water partition coefficient (Wildman–Crippen LogP) is 1.38. The molecule has 27 heavy (non-hydrogen) atoms. The Labute approximate surface area is 152 Å². The Kier molecular flexibility index (Phi) is 4.51. The van der Waals surface area contributed by atoms with Crippen molar-refractivity contribution in [2.24, 2.45) is 5.14 Å². The predicted molar refractivity (Wildman–Crippen MR) is 95.1 cm³/mol. The van der Waals surface area contributed by atoms with Crippen molar-refractivity contribution >= 4 is 38.2 Å². The van der Waals surface area contributed by atoms with E-state index in [1.807, 2.05) is 0 Å².